The average molecular weight is 344 g/mol. The van der Waals surface area contributed by atoms with Gasteiger partial charge in [-0.1, -0.05) is 23.9 Å². The van der Waals surface area contributed by atoms with E-state index in [4.69, 9.17) is 4.74 Å². The maximum Gasteiger partial charge on any atom is 0.247 e. The minimum Gasteiger partial charge on any atom is -0.497 e. The molecule has 0 aliphatic heterocycles. The van der Waals surface area contributed by atoms with Crippen molar-refractivity contribution < 1.29 is 9.13 Å². The van der Waals surface area contributed by atoms with Gasteiger partial charge in [0.1, 0.15) is 11.6 Å². The summed E-state index contributed by atoms with van der Waals surface area (Å²) in [5, 5.41) is 10.9. The Hall–Kier alpha value is -2.54. The van der Waals surface area contributed by atoms with E-state index in [0.717, 1.165) is 22.6 Å². The van der Waals surface area contributed by atoms with E-state index in [1.807, 2.05) is 25.1 Å². The number of rotatable bonds is 6. The second-order valence-corrected chi connectivity index (χ2v) is 6.15. The molecule has 0 radical (unpaired) electrons. The van der Waals surface area contributed by atoms with Crippen LogP contribution in [0.3, 0.4) is 0 Å². The minimum absolute atomic E-state index is 0.232. The monoisotopic (exact) mass is 344 g/mol. The molecule has 1 heterocycles. The first kappa shape index (κ1) is 16.3. The first-order valence-corrected chi connectivity index (χ1v) is 8.34. The summed E-state index contributed by atoms with van der Waals surface area (Å²) < 4.78 is 18.1. The van der Waals surface area contributed by atoms with Gasteiger partial charge in [0.05, 0.1) is 7.11 Å². The van der Waals surface area contributed by atoms with Crippen molar-refractivity contribution in [2.24, 2.45) is 0 Å². The van der Waals surface area contributed by atoms with Crippen LogP contribution in [0.1, 0.15) is 11.1 Å². The number of aromatic amines is 1. The van der Waals surface area contributed by atoms with Crippen molar-refractivity contribution in [1.29, 1.82) is 0 Å². The van der Waals surface area contributed by atoms with Crippen LogP contribution in [0.2, 0.25) is 0 Å². The zero-order chi connectivity index (χ0) is 16.9. The summed E-state index contributed by atoms with van der Waals surface area (Å²) in [7, 11) is 1.64. The average Bonchev–Trinajstić information content (AvgIpc) is 3.04. The fraction of sp³-hybridized carbons (Fsp3) is 0.176. The Balaban J connectivity index is 1.62. The van der Waals surface area contributed by atoms with Crippen molar-refractivity contribution in [2.45, 2.75) is 17.8 Å². The van der Waals surface area contributed by atoms with Crippen molar-refractivity contribution in [3.8, 4) is 5.75 Å². The highest BCUT2D eigenvalue weighted by atomic mass is 32.2. The van der Waals surface area contributed by atoms with E-state index in [1.54, 1.807) is 19.2 Å². The molecule has 2 N–H and O–H groups in total. The Morgan fingerprint density at radius 2 is 2.00 bits per heavy atom. The van der Waals surface area contributed by atoms with Gasteiger partial charge in [-0.2, -0.15) is 4.98 Å². The van der Waals surface area contributed by atoms with Gasteiger partial charge in [-0.15, -0.1) is 5.10 Å². The van der Waals surface area contributed by atoms with E-state index >= 15 is 0 Å². The van der Waals surface area contributed by atoms with E-state index in [0.29, 0.717) is 16.9 Å². The van der Waals surface area contributed by atoms with Crippen LogP contribution in [-0.2, 0) is 5.75 Å². The molecular formula is C17H17FN4OS. The van der Waals surface area contributed by atoms with Gasteiger partial charge in [0.25, 0.3) is 0 Å². The lowest BCUT2D eigenvalue weighted by molar-refractivity contribution is 0.414. The van der Waals surface area contributed by atoms with Crippen LogP contribution in [0.25, 0.3) is 0 Å². The van der Waals surface area contributed by atoms with E-state index in [2.05, 4.69) is 20.5 Å². The molecule has 0 saturated carbocycles. The van der Waals surface area contributed by atoms with E-state index in [9.17, 15) is 4.39 Å². The van der Waals surface area contributed by atoms with E-state index in [-0.39, 0.29) is 5.82 Å². The van der Waals surface area contributed by atoms with Gasteiger partial charge in [-0.05, 0) is 48.4 Å². The van der Waals surface area contributed by atoms with Gasteiger partial charge in [0.2, 0.25) is 5.95 Å². The predicted molar refractivity (Wildman–Crippen MR) is 93.4 cm³/mol. The Morgan fingerprint density at radius 3 is 2.71 bits per heavy atom. The number of aromatic nitrogens is 3. The van der Waals surface area contributed by atoms with Gasteiger partial charge in [-0.25, -0.2) is 4.39 Å². The number of benzene rings is 2. The number of anilines is 2. The summed E-state index contributed by atoms with van der Waals surface area (Å²) in [4.78, 5) is 4.40. The highest BCUT2D eigenvalue weighted by Crippen LogP contribution is 2.25. The molecule has 0 aliphatic rings. The molecule has 0 saturated heterocycles. The largest absolute Gasteiger partial charge is 0.497 e. The summed E-state index contributed by atoms with van der Waals surface area (Å²) >= 11 is 1.51. The molecule has 124 valence electrons. The highest BCUT2D eigenvalue weighted by molar-refractivity contribution is 7.98. The fourth-order valence-corrected chi connectivity index (χ4v) is 2.88. The molecule has 3 aromatic rings. The van der Waals surface area contributed by atoms with Crippen LogP contribution < -0.4 is 10.1 Å². The van der Waals surface area contributed by atoms with Crippen LogP contribution in [0.5, 0.6) is 5.75 Å². The normalized spacial score (nSPS) is 10.6. The Bertz CT molecular complexity index is 820. The molecule has 0 aliphatic carbocycles. The first-order valence-electron chi connectivity index (χ1n) is 7.35. The van der Waals surface area contributed by atoms with E-state index in [1.165, 1.54) is 23.9 Å². The van der Waals surface area contributed by atoms with Gasteiger partial charge in [0, 0.05) is 11.4 Å². The molecule has 5 nitrogen and oxygen atoms in total. The van der Waals surface area contributed by atoms with Gasteiger partial charge >= 0.3 is 0 Å². The molecule has 0 amide bonds. The third-order valence-corrected chi connectivity index (χ3v) is 4.37. The summed E-state index contributed by atoms with van der Waals surface area (Å²) in [6.07, 6.45) is 0. The summed E-state index contributed by atoms with van der Waals surface area (Å²) in [6.45, 7) is 1.99. The van der Waals surface area contributed by atoms with Crippen LogP contribution in [0, 0.1) is 12.7 Å². The van der Waals surface area contributed by atoms with Crippen molar-refractivity contribution in [3.05, 3.63) is 59.4 Å². The van der Waals surface area contributed by atoms with Crippen LogP contribution in [0.15, 0.2) is 47.6 Å². The molecule has 3 rings (SSSR count). The van der Waals surface area contributed by atoms with Gasteiger partial charge in [0.15, 0.2) is 5.16 Å². The summed E-state index contributed by atoms with van der Waals surface area (Å²) in [6, 6.07) is 12.2. The number of aryl methyl sites for hydroxylation is 1. The maximum absolute atomic E-state index is 12.9. The zero-order valence-corrected chi connectivity index (χ0v) is 14.2. The van der Waals surface area contributed by atoms with Crippen molar-refractivity contribution in [2.75, 3.05) is 12.4 Å². The Kier molecular flexibility index (Phi) is 5.00. The number of methoxy groups -OCH3 is 1. The van der Waals surface area contributed by atoms with Crippen molar-refractivity contribution in [3.63, 3.8) is 0 Å². The molecule has 24 heavy (non-hydrogen) atoms. The van der Waals surface area contributed by atoms with Crippen molar-refractivity contribution >= 4 is 23.4 Å². The first-order chi connectivity index (χ1) is 11.6. The molecule has 0 atom stereocenters. The number of thioether (sulfide) groups is 1. The minimum atomic E-state index is -0.232. The number of hydrogen-bond acceptors (Lipinski definition) is 5. The number of halogens is 1. The molecule has 0 spiro atoms. The topological polar surface area (TPSA) is 62.8 Å². The second kappa shape index (κ2) is 7.35. The van der Waals surface area contributed by atoms with E-state index < -0.39 is 0 Å². The van der Waals surface area contributed by atoms with Gasteiger partial charge in [-0.3, -0.25) is 5.10 Å². The molecule has 0 fully saturated rings. The number of hydrogen-bond donors (Lipinski definition) is 2. The van der Waals surface area contributed by atoms with Crippen molar-refractivity contribution in [1.82, 2.24) is 15.2 Å². The smallest absolute Gasteiger partial charge is 0.247 e. The molecule has 7 heteroatoms. The Morgan fingerprint density at radius 1 is 1.21 bits per heavy atom. The lowest BCUT2D eigenvalue weighted by atomic mass is 10.2. The fourth-order valence-electron chi connectivity index (χ4n) is 2.12. The molecule has 0 unspecified atom stereocenters. The summed E-state index contributed by atoms with van der Waals surface area (Å²) in [5.41, 5.74) is 2.99. The van der Waals surface area contributed by atoms with Crippen LogP contribution >= 0.6 is 11.8 Å². The number of ether oxygens (including phenoxy) is 1. The van der Waals surface area contributed by atoms with Gasteiger partial charge < -0.3 is 10.1 Å². The number of nitrogens with zero attached hydrogens (tertiary/aromatic N) is 2. The standard InChI is InChI=1S/C17H17FN4OS/c1-11-9-14(23-2)7-8-15(11)19-16-20-17(22-21-16)24-10-12-3-5-13(18)6-4-12/h3-9H,10H2,1-2H3,(H2,19,20,21,22). The molecule has 0 bridgehead atoms. The second-order valence-electron chi connectivity index (χ2n) is 5.19. The molecule has 2 aromatic carbocycles. The highest BCUT2D eigenvalue weighted by Gasteiger charge is 2.07. The molecule has 1 aromatic heterocycles. The third-order valence-electron chi connectivity index (χ3n) is 3.43. The predicted octanol–water partition coefficient (Wildman–Crippen LogP) is 4.30. The quantitative estimate of drug-likeness (QED) is 0.653. The molecular weight excluding hydrogens is 327 g/mol. The van der Waals surface area contributed by atoms with Crippen LogP contribution in [-0.4, -0.2) is 22.3 Å². The van der Waals surface area contributed by atoms with Crippen LogP contribution in [0.4, 0.5) is 16.0 Å². The lowest BCUT2D eigenvalue weighted by Crippen LogP contribution is -1.95. The zero-order valence-electron chi connectivity index (χ0n) is 13.3. The summed E-state index contributed by atoms with van der Waals surface area (Å²) in [5.74, 6) is 1.77. The SMILES string of the molecule is COc1ccc(Nc2n[nH]c(SCc3ccc(F)cc3)n2)c(C)c1. The maximum atomic E-state index is 12.9. The lowest BCUT2D eigenvalue weighted by Gasteiger charge is -2.07. The Labute approximate surface area is 143 Å². The third kappa shape index (κ3) is 4.05. The number of H-pyrrole nitrogens is 1. The number of nitrogens with one attached hydrogen (secondary N) is 2.